The van der Waals surface area contributed by atoms with Crippen molar-refractivity contribution in [3.63, 3.8) is 0 Å². The zero-order valence-corrected chi connectivity index (χ0v) is 11.2. The molecule has 0 amide bonds. The third kappa shape index (κ3) is 3.80. The van der Waals surface area contributed by atoms with Crippen LogP contribution in [-0.4, -0.2) is 43.3 Å². The first-order valence-corrected chi connectivity index (χ1v) is 6.53. The van der Waals surface area contributed by atoms with Gasteiger partial charge in [0.2, 0.25) is 0 Å². The van der Waals surface area contributed by atoms with Crippen molar-refractivity contribution in [2.45, 2.75) is 12.8 Å². The number of nitriles is 1. The SMILES string of the molecule is COCCNc1cc(N2CCC(C#N)CC2)ncn1. The molecule has 0 unspecified atom stereocenters. The highest BCUT2D eigenvalue weighted by Crippen LogP contribution is 2.22. The smallest absolute Gasteiger partial charge is 0.134 e. The zero-order chi connectivity index (χ0) is 13.5. The highest BCUT2D eigenvalue weighted by molar-refractivity contribution is 5.48. The number of nitrogens with one attached hydrogen (secondary N) is 1. The van der Waals surface area contributed by atoms with E-state index in [1.54, 1.807) is 13.4 Å². The van der Waals surface area contributed by atoms with Crippen LogP contribution in [0.15, 0.2) is 12.4 Å². The first-order valence-electron chi connectivity index (χ1n) is 6.53. The minimum atomic E-state index is 0.192. The number of hydrogen-bond acceptors (Lipinski definition) is 6. The van der Waals surface area contributed by atoms with Gasteiger partial charge in [-0.3, -0.25) is 0 Å². The summed E-state index contributed by atoms with van der Waals surface area (Å²) in [6.07, 6.45) is 3.39. The third-order valence-corrected chi connectivity index (χ3v) is 3.27. The Kier molecular flexibility index (Phi) is 4.93. The molecule has 1 aliphatic rings. The molecule has 0 aliphatic carbocycles. The fourth-order valence-electron chi connectivity index (χ4n) is 2.14. The Labute approximate surface area is 113 Å². The molecule has 1 aliphatic heterocycles. The predicted octanol–water partition coefficient (Wildman–Crippen LogP) is 1.27. The zero-order valence-electron chi connectivity index (χ0n) is 11.2. The second-order valence-corrected chi connectivity index (χ2v) is 4.57. The van der Waals surface area contributed by atoms with E-state index in [9.17, 15) is 0 Å². The van der Waals surface area contributed by atoms with Gasteiger partial charge >= 0.3 is 0 Å². The van der Waals surface area contributed by atoms with Crippen molar-refractivity contribution in [2.75, 3.05) is 43.6 Å². The number of nitrogens with zero attached hydrogens (tertiary/aromatic N) is 4. The molecule has 1 saturated heterocycles. The lowest BCUT2D eigenvalue weighted by molar-refractivity contribution is 0.210. The van der Waals surface area contributed by atoms with Gasteiger partial charge in [0.05, 0.1) is 12.7 Å². The van der Waals surface area contributed by atoms with E-state index in [1.165, 1.54) is 0 Å². The molecule has 6 heteroatoms. The highest BCUT2D eigenvalue weighted by Gasteiger charge is 2.19. The molecule has 0 aromatic carbocycles. The number of piperidine rings is 1. The van der Waals surface area contributed by atoms with Crippen LogP contribution in [0, 0.1) is 17.2 Å². The van der Waals surface area contributed by atoms with Crippen LogP contribution in [0.2, 0.25) is 0 Å². The van der Waals surface area contributed by atoms with Crippen molar-refractivity contribution in [2.24, 2.45) is 5.92 Å². The summed E-state index contributed by atoms with van der Waals surface area (Å²) in [7, 11) is 1.67. The minimum Gasteiger partial charge on any atom is -0.383 e. The number of hydrogen-bond donors (Lipinski definition) is 1. The molecule has 0 bridgehead atoms. The van der Waals surface area contributed by atoms with Crippen LogP contribution in [0.1, 0.15) is 12.8 Å². The van der Waals surface area contributed by atoms with Gasteiger partial charge < -0.3 is 15.0 Å². The maximum absolute atomic E-state index is 8.90. The van der Waals surface area contributed by atoms with Crippen molar-refractivity contribution < 1.29 is 4.74 Å². The number of methoxy groups -OCH3 is 1. The van der Waals surface area contributed by atoms with Gasteiger partial charge in [-0.2, -0.15) is 5.26 Å². The largest absolute Gasteiger partial charge is 0.383 e. The average Bonchev–Trinajstić information content (AvgIpc) is 2.48. The van der Waals surface area contributed by atoms with Crippen molar-refractivity contribution in [1.29, 1.82) is 5.26 Å². The number of anilines is 2. The molecule has 0 saturated carbocycles. The average molecular weight is 261 g/mol. The molecule has 1 fully saturated rings. The molecule has 6 nitrogen and oxygen atoms in total. The monoisotopic (exact) mass is 261 g/mol. The maximum atomic E-state index is 8.90. The van der Waals surface area contributed by atoms with E-state index >= 15 is 0 Å². The molecule has 1 aromatic rings. The Bertz CT molecular complexity index is 437. The Morgan fingerprint density at radius 3 is 2.95 bits per heavy atom. The van der Waals surface area contributed by atoms with E-state index in [4.69, 9.17) is 10.00 Å². The van der Waals surface area contributed by atoms with Gasteiger partial charge in [0.25, 0.3) is 0 Å². The van der Waals surface area contributed by atoms with Crippen LogP contribution >= 0.6 is 0 Å². The number of ether oxygens (including phenoxy) is 1. The summed E-state index contributed by atoms with van der Waals surface area (Å²) in [4.78, 5) is 10.7. The first kappa shape index (κ1) is 13.6. The van der Waals surface area contributed by atoms with E-state index in [0.717, 1.165) is 44.1 Å². The molecule has 1 N–H and O–H groups in total. The summed E-state index contributed by atoms with van der Waals surface area (Å²) in [5.41, 5.74) is 0. The van der Waals surface area contributed by atoms with Gasteiger partial charge in [-0.05, 0) is 12.8 Å². The molecule has 0 atom stereocenters. The summed E-state index contributed by atoms with van der Waals surface area (Å²) < 4.78 is 4.99. The van der Waals surface area contributed by atoms with E-state index in [0.29, 0.717) is 6.61 Å². The van der Waals surface area contributed by atoms with Gasteiger partial charge in [0.15, 0.2) is 0 Å². The molecule has 0 spiro atoms. The topological polar surface area (TPSA) is 74.1 Å². The van der Waals surface area contributed by atoms with Crippen molar-refractivity contribution >= 4 is 11.6 Å². The highest BCUT2D eigenvalue weighted by atomic mass is 16.5. The minimum absolute atomic E-state index is 0.192. The van der Waals surface area contributed by atoms with Crippen molar-refractivity contribution in [3.05, 3.63) is 12.4 Å². The van der Waals surface area contributed by atoms with Crippen LogP contribution in [0.25, 0.3) is 0 Å². The Morgan fingerprint density at radius 1 is 1.47 bits per heavy atom. The second-order valence-electron chi connectivity index (χ2n) is 4.57. The van der Waals surface area contributed by atoms with Crippen LogP contribution in [0.5, 0.6) is 0 Å². The van der Waals surface area contributed by atoms with Gasteiger partial charge in [0, 0.05) is 38.7 Å². The maximum Gasteiger partial charge on any atom is 0.134 e. The normalized spacial score (nSPS) is 16.1. The molecular formula is C13H19N5O. The summed E-state index contributed by atoms with van der Waals surface area (Å²) in [5.74, 6) is 1.92. The van der Waals surface area contributed by atoms with Crippen molar-refractivity contribution in [1.82, 2.24) is 9.97 Å². The van der Waals surface area contributed by atoms with Crippen molar-refractivity contribution in [3.8, 4) is 6.07 Å². The standard InChI is InChI=1S/C13H19N5O/c1-19-7-4-15-12-8-13(17-10-16-12)18-5-2-11(9-14)3-6-18/h8,10-11H,2-7H2,1H3,(H,15,16,17). The lowest BCUT2D eigenvalue weighted by Crippen LogP contribution is -2.33. The van der Waals surface area contributed by atoms with Crippen LogP contribution in [0.4, 0.5) is 11.6 Å². The number of aromatic nitrogens is 2. The van der Waals surface area contributed by atoms with Gasteiger partial charge in [-0.25, -0.2) is 9.97 Å². The van der Waals surface area contributed by atoms with Crippen LogP contribution in [0.3, 0.4) is 0 Å². The Morgan fingerprint density at radius 2 is 2.26 bits per heavy atom. The molecule has 102 valence electrons. The molecule has 1 aromatic heterocycles. The predicted molar refractivity (Wildman–Crippen MR) is 72.9 cm³/mol. The fraction of sp³-hybridized carbons (Fsp3) is 0.615. The summed E-state index contributed by atoms with van der Waals surface area (Å²) in [6, 6.07) is 4.28. The molecule has 19 heavy (non-hydrogen) atoms. The Balaban J connectivity index is 1.93. The van der Waals surface area contributed by atoms with E-state index in [2.05, 4.69) is 26.3 Å². The quantitative estimate of drug-likeness (QED) is 0.805. The van der Waals surface area contributed by atoms with Crippen LogP contribution < -0.4 is 10.2 Å². The fourth-order valence-corrected chi connectivity index (χ4v) is 2.14. The second kappa shape index (κ2) is 6.90. The Hall–Kier alpha value is -1.87. The summed E-state index contributed by atoms with van der Waals surface area (Å²) >= 11 is 0. The lowest BCUT2D eigenvalue weighted by atomic mass is 9.99. The van der Waals surface area contributed by atoms with E-state index in [-0.39, 0.29) is 5.92 Å². The van der Waals surface area contributed by atoms with Gasteiger partial charge in [0.1, 0.15) is 18.0 Å². The molecule has 2 rings (SSSR count). The third-order valence-electron chi connectivity index (χ3n) is 3.27. The summed E-state index contributed by atoms with van der Waals surface area (Å²) in [6.45, 7) is 3.13. The number of rotatable bonds is 5. The molecular weight excluding hydrogens is 242 g/mol. The van der Waals surface area contributed by atoms with E-state index in [1.807, 2.05) is 6.07 Å². The molecule has 2 heterocycles. The van der Waals surface area contributed by atoms with Gasteiger partial charge in [-0.15, -0.1) is 0 Å². The van der Waals surface area contributed by atoms with Gasteiger partial charge in [-0.1, -0.05) is 0 Å². The first-order chi connectivity index (χ1) is 9.33. The molecule has 0 radical (unpaired) electrons. The van der Waals surface area contributed by atoms with Crippen LogP contribution in [-0.2, 0) is 4.74 Å². The summed E-state index contributed by atoms with van der Waals surface area (Å²) in [5, 5.41) is 12.1. The lowest BCUT2D eigenvalue weighted by Gasteiger charge is -2.30. The van der Waals surface area contributed by atoms with E-state index < -0.39 is 0 Å².